The van der Waals surface area contributed by atoms with Gasteiger partial charge in [-0.1, -0.05) is 0 Å². The van der Waals surface area contributed by atoms with Crippen LogP contribution >= 0.6 is 15.9 Å². The van der Waals surface area contributed by atoms with Crippen LogP contribution in [0.4, 0.5) is 13.2 Å². The van der Waals surface area contributed by atoms with Crippen molar-refractivity contribution >= 4 is 32.9 Å². The maximum atomic E-state index is 12.3. The minimum Gasteiger partial charge on any atom is -0.462 e. The third-order valence-corrected chi connectivity index (χ3v) is 3.89. The molecule has 3 aromatic rings. The Morgan fingerprint density at radius 2 is 1.92 bits per heavy atom. The summed E-state index contributed by atoms with van der Waals surface area (Å²) in [6.07, 6.45) is -3.33. The summed E-state index contributed by atoms with van der Waals surface area (Å²) in [6, 6.07) is 6.65. The number of hydrogen-bond donors (Lipinski definition) is 0. The molecule has 2 aromatic heterocycles. The smallest absolute Gasteiger partial charge is 0.462 e. The van der Waals surface area contributed by atoms with Gasteiger partial charge in [-0.15, -0.1) is 13.2 Å². The van der Waals surface area contributed by atoms with Crippen molar-refractivity contribution in [2.45, 2.75) is 13.3 Å². The van der Waals surface area contributed by atoms with Crippen molar-refractivity contribution in [1.29, 1.82) is 0 Å². The number of esters is 1. The van der Waals surface area contributed by atoms with E-state index in [1.807, 2.05) is 0 Å². The Balaban J connectivity index is 2.04. The molecule has 26 heavy (non-hydrogen) atoms. The van der Waals surface area contributed by atoms with Crippen LogP contribution in [0.2, 0.25) is 0 Å². The van der Waals surface area contributed by atoms with Gasteiger partial charge in [-0.3, -0.25) is 0 Å². The Morgan fingerprint density at radius 1 is 1.23 bits per heavy atom. The second-order valence-corrected chi connectivity index (χ2v) is 5.77. The van der Waals surface area contributed by atoms with E-state index in [1.165, 1.54) is 41.2 Å². The molecule has 0 unspecified atom stereocenters. The molecule has 0 radical (unpaired) electrons. The largest absolute Gasteiger partial charge is 0.573 e. The molecule has 0 aliphatic heterocycles. The Labute approximate surface area is 153 Å². The van der Waals surface area contributed by atoms with Gasteiger partial charge >= 0.3 is 12.3 Å². The average molecular weight is 430 g/mol. The number of nitrogens with zero attached hydrogens (tertiary/aromatic N) is 3. The predicted molar refractivity (Wildman–Crippen MR) is 89.2 cm³/mol. The van der Waals surface area contributed by atoms with Gasteiger partial charge < -0.3 is 9.47 Å². The SMILES string of the molecule is CCOC(=O)c1ccnc2c1c(Br)nn2-c1ccc(OC(F)(F)F)cc1. The Hall–Kier alpha value is -2.62. The zero-order valence-electron chi connectivity index (χ0n) is 13.2. The molecule has 0 aliphatic carbocycles. The van der Waals surface area contributed by atoms with E-state index in [9.17, 15) is 18.0 Å². The second-order valence-electron chi connectivity index (χ2n) is 5.02. The summed E-state index contributed by atoms with van der Waals surface area (Å²) in [5.41, 5.74) is 1.09. The standard InChI is InChI=1S/C16H11BrF3N3O3/c1-2-25-15(24)11-7-8-21-14-12(11)13(17)22-23(14)9-3-5-10(6-4-9)26-16(18,19)20/h3-8H,2H2,1H3. The summed E-state index contributed by atoms with van der Waals surface area (Å²) in [5.74, 6) is -0.869. The molecule has 0 bridgehead atoms. The topological polar surface area (TPSA) is 66.2 Å². The first-order valence-electron chi connectivity index (χ1n) is 7.36. The molecule has 0 amide bonds. The van der Waals surface area contributed by atoms with Crippen molar-refractivity contribution in [2.24, 2.45) is 0 Å². The van der Waals surface area contributed by atoms with Crippen molar-refractivity contribution in [1.82, 2.24) is 14.8 Å². The molecule has 6 nitrogen and oxygen atoms in total. The van der Waals surface area contributed by atoms with Gasteiger partial charge in [0, 0.05) is 6.20 Å². The molecule has 0 saturated carbocycles. The first-order chi connectivity index (χ1) is 12.3. The summed E-state index contributed by atoms with van der Waals surface area (Å²) >= 11 is 3.29. The van der Waals surface area contributed by atoms with Crippen LogP contribution in [0.25, 0.3) is 16.7 Å². The predicted octanol–water partition coefficient (Wildman–Crippen LogP) is 4.26. The Kier molecular flexibility index (Phi) is 4.86. The van der Waals surface area contributed by atoms with Gasteiger partial charge in [0.25, 0.3) is 0 Å². The zero-order chi connectivity index (χ0) is 18.9. The molecular formula is C16H11BrF3N3O3. The maximum absolute atomic E-state index is 12.3. The number of rotatable bonds is 4. The number of pyridine rings is 1. The van der Waals surface area contributed by atoms with Crippen molar-refractivity contribution in [3.63, 3.8) is 0 Å². The van der Waals surface area contributed by atoms with E-state index in [4.69, 9.17) is 4.74 Å². The van der Waals surface area contributed by atoms with Gasteiger partial charge in [-0.2, -0.15) is 5.10 Å². The number of hydrogen-bond acceptors (Lipinski definition) is 5. The maximum Gasteiger partial charge on any atom is 0.573 e. The van der Waals surface area contributed by atoms with E-state index >= 15 is 0 Å². The van der Waals surface area contributed by atoms with Crippen LogP contribution in [0.15, 0.2) is 41.1 Å². The lowest BCUT2D eigenvalue weighted by molar-refractivity contribution is -0.274. The number of carbonyl (C=O) groups excluding carboxylic acids is 1. The monoisotopic (exact) mass is 429 g/mol. The molecule has 0 N–H and O–H groups in total. The van der Waals surface area contributed by atoms with E-state index in [-0.39, 0.29) is 17.9 Å². The molecule has 2 heterocycles. The van der Waals surface area contributed by atoms with Gasteiger partial charge in [-0.05, 0) is 53.2 Å². The highest BCUT2D eigenvalue weighted by molar-refractivity contribution is 9.10. The van der Waals surface area contributed by atoms with E-state index in [1.54, 1.807) is 6.92 Å². The van der Waals surface area contributed by atoms with Crippen LogP contribution in [0, 0.1) is 0 Å². The lowest BCUT2D eigenvalue weighted by Crippen LogP contribution is -2.17. The molecule has 136 valence electrons. The van der Waals surface area contributed by atoms with E-state index < -0.39 is 12.3 Å². The minimum atomic E-state index is -4.76. The van der Waals surface area contributed by atoms with Crippen LogP contribution < -0.4 is 4.74 Å². The number of halogens is 4. The average Bonchev–Trinajstić information content (AvgIpc) is 2.91. The molecule has 1 aromatic carbocycles. The Morgan fingerprint density at radius 3 is 2.54 bits per heavy atom. The first-order valence-corrected chi connectivity index (χ1v) is 8.16. The fraction of sp³-hybridized carbons (Fsp3) is 0.188. The van der Waals surface area contributed by atoms with Crippen molar-refractivity contribution in [2.75, 3.05) is 6.61 Å². The quantitative estimate of drug-likeness (QED) is 0.579. The number of carbonyl (C=O) groups is 1. The highest BCUT2D eigenvalue weighted by atomic mass is 79.9. The highest BCUT2D eigenvalue weighted by Gasteiger charge is 2.31. The first kappa shape index (κ1) is 18.2. The van der Waals surface area contributed by atoms with E-state index in [0.29, 0.717) is 21.3 Å². The van der Waals surface area contributed by atoms with Gasteiger partial charge in [0.1, 0.15) is 10.4 Å². The van der Waals surface area contributed by atoms with Crippen molar-refractivity contribution in [3.8, 4) is 11.4 Å². The highest BCUT2D eigenvalue weighted by Crippen LogP contribution is 2.29. The van der Waals surface area contributed by atoms with Crippen LogP contribution in [0.3, 0.4) is 0 Å². The third kappa shape index (κ3) is 3.64. The lowest BCUT2D eigenvalue weighted by Gasteiger charge is -2.09. The Bertz CT molecular complexity index is 955. The molecular weight excluding hydrogens is 419 g/mol. The minimum absolute atomic E-state index is 0.217. The van der Waals surface area contributed by atoms with Crippen LogP contribution in [0.5, 0.6) is 5.75 Å². The number of benzene rings is 1. The molecule has 0 aliphatic rings. The fourth-order valence-corrected chi connectivity index (χ4v) is 2.90. The number of aromatic nitrogens is 3. The normalized spacial score (nSPS) is 11.6. The number of fused-ring (bicyclic) bond motifs is 1. The molecule has 0 saturated heterocycles. The van der Waals surface area contributed by atoms with Gasteiger partial charge in [0.15, 0.2) is 5.65 Å². The summed E-state index contributed by atoms with van der Waals surface area (Å²) in [4.78, 5) is 16.3. The van der Waals surface area contributed by atoms with Crippen LogP contribution in [-0.2, 0) is 4.74 Å². The van der Waals surface area contributed by atoms with E-state index in [0.717, 1.165) is 0 Å². The molecule has 0 spiro atoms. The van der Waals surface area contributed by atoms with Crippen molar-refractivity contribution < 1.29 is 27.4 Å². The van der Waals surface area contributed by atoms with Crippen molar-refractivity contribution in [3.05, 3.63) is 46.7 Å². The zero-order valence-corrected chi connectivity index (χ0v) is 14.8. The van der Waals surface area contributed by atoms with Crippen LogP contribution in [-0.4, -0.2) is 33.7 Å². The van der Waals surface area contributed by atoms with Gasteiger partial charge in [0.05, 0.1) is 23.2 Å². The molecule has 0 atom stereocenters. The molecule has 10 heteroatoms. The van der Waals surface area contributed by atoms with Crippen LogP contribution in [0.1, 0.15) is 17.3 Å². The molecule has 3 rings (SSSR count). The van der Waals surface area contributed by atoms with E-state index in [2.05, 4.69) is 30.7 Å². The summed E-state index contributed by atoms with van der Waals surface area (Å²) in [7, 11) is 0. The second kappa shape index (κ2) is 6.94. The number of alkyl halides is 3. The summed E-state index contributed by atoms with van der Waals surface area (Å²) in [5, 5.41) is 4.71. The van der Waals surface area contributed by atoms with Gasteiger partial charge in [-0.25, -0.2) is 14.5 Å². The number of ether oxygens (including phenoxy) is 2. The third-order valence-electron chi connectivity index (χ3n) is 3.34. The fourth-order valence-electron chi connectivity index (χ4n) is 2.35. The van der Waals surface area contributed by atoms with Gasteiger partial charge in [0.2, 0.25) is 0 Å². The lowest BCUT2D eigenvalue weighted by atomic mass is 10.2. The summed E-state index contributed by atoms with van der Waals surface area (Å²) < 4.78 is 47.4. The molecule has 0 fully saturated rings. The summed E-state index contributed by atoms with van der Waals surface area (Å²) in [6.45, 7) is 1.91.